The molecule has 0 radical (unpaired) electrons. The van der Waals surface area contributed by atoms with Crippen LogP contribution in [-0.4, -0.2) is 45.7 Å². The van der Waals surface area contributed by atoms with Crippen LogP contribution in [0.3, 0.4) is 0 Å². The van der Waals surface area contributed by atoms with Gasteiger partial charge in [0.1, 0.15) is 11.4 Å². The molecule has 0 aliphatic heterocycles. The van der Waals surface area contributed by atoms with Crippen LogP contribution in [0.5, 0.6) is 5.75 Å². The second-order valence-electron chi connectivity index (χ2n) is 9.06. The highest BCUT2D eigenvalue weighted by Crippen LogP contribution is 2.29. The standard InChI is InChI=1S/C28H25N5O9S2/c1-18(19-7-13-22(14-8-19)43(38,39)31-20-9-11-21(42-2)12-10-20)29-30-26-16-15-23(17-27(26)33(36)37)44(40,41)32-25-6-4-3-5-24(25)28(34)35/h3-17,30-32H,1-2H3,(H,34,35)/b29-18-. The summed E-state index contributed by atoms with van der Waals surface area (Å²) in [6, 6.07) is 20.5. The van der Waals surface area contributed by atoms with E-state index in [0.717, 1.165) is 18.2 Å². The number of hydrogen-bond donors (Lipinski definition) is 4. The van der Waals surface area contributed by atoms with Gasteiger partial charge in [-0.3, -0.25) is 25.0 Å². The molecule has 4 N–H and O–H groups in total. The summed E-state index contributed by atoms with van der Waals surface area (Å²) in [7, 11) is -6.79. The number of nitro benzene ring substituents is 1. The number of ether oxygens (including phenoxy) is 1. The second kappa shape index (κ2) is 12.8. The number of methoxy groups -OCH3 is 1. The minimum Gasteiger partial charge on any atom is -0.497 e. The monoisotopic (exact) mass is 639 g/mol. The van der Waals surface area contributed by atoms with Crippen molar-refractivity contribution < 1.29 is 36.4 Å². The highest BCUT2D eigenvalue weighted by molar-refractivity contribution is 7.93. The van der Waals surface area contributed by atoms with Gasteiger partial charge in [0.05, 0.1) is 38.8 Å². The van der Waals surface area contributed by atoms with Crippen LogP contribution >= 0.6 is 0 Å². The third kappa shape index (κ3) is 7.29. The molecule has 4 aromatic carbocycles. The molecular weight excluding hydrogens is 614 g/mol. The van der Waals surface area contributed by atoms with Crippen molar-refractivity contribution in [1.82, 2.24) is 0 Å². The fraction of sp³-hybridized carbons (Fsp3) is 0.0714. The molecule has 0 atom stereocenters. The first kappa shape index (κ1) is 31.5. The number of hydrazone groups is 1. The molecule has 0 aliphatic rings. The molecule has 228 valence electrons. The molecule has 0 spiro atoms. The Morgan fingerprint density at radius 2 is 1.45 bits per heavy atom. The smallest absolute Gasteiger partial charge is 0.337 e. The van der Waals surface area contributed by atoms with Crippen LogP contribution in [0.25, 0.3) is 0 Å². The van der Waals surface area contributed by atoms with Crippen LogP contribution in [0.15, 0.2) is 106 Å². The lowest BCUT2D eigenvalue weighted by Gasteiger charge is -2.11. The van der Waals surface area contributed by atoms with Gasteiger partial charge in [-0.15, -0.1) is 0 Å². The zero-order valence-corrected chi connectivity index (χ0v) is 24.7. The topological polar surface area (TPSA) is 206 Å². The lowest BCUT2D eigenvalue weighted by Crippen LogP contribution is -2.16. The molecule has 4 rings (SSSR count). The molecule has 0 bridgehead atoms. The van der Waals surface area contributed by atoms with Crippen LogP contribution in [0.4, 0.5) is 22.7 Å². The van der Waals surface area contributed by atoms with Crippen LogP contribution in [0.2, 0.25) is 0 Å². The fourth-order valence-corrected chi connectivity index (χ4v) is 6.00. The number of anilines is 3. The Bertz CT molecular complexity index is 1960. The normalized spacial score (nSPS) is 11.8. The average Bonchev–Trinajstić information content (AvgIpc) is 3.00. The highest BCUT2D eigenvalue weighted by Gasteiger charge is 2.23. The number of nitrogens with one attached hydrogen (secondary N) is 3. The van der Waals surface area contributed by atoms with Gasteiger partial charge in [-0.1, -0.05) is 24.3 Å². The minimum atomic E-state index is -4.40. The summed E-state index contributed by atoms with van der Waals surface area (Å²) in [6.45, 7) is 1.58. The van der Waals surface area contributed by atoms with Crippen LogP contribution < -0.4 is 19.6 Å². The molecule has 14 nitrogen and oxygen atoms in total. The molecule has 0 heterocycles. The number of sulfonamides is 2. The Labute approximate surface area is 252 Å². The second-order valence-corrected chi connectivity index (χ2v) is 12.4. The number of carboxylic acid groups (broad SMARTS) is 1. The van der Waals surface area contributed by atoms with Crippen molar-refractivity contribution in [3.05, 3.63) is 112 Å². The van der Waals surface area contributed by atoms with Gasteiger partial charge in [0.15, 0.2) is 0 Å². The summed E-state index contributed by atoms with van der Waals surface area (Å²) >= 11 is 0. The summed E-state index contributed by atoms with van der Waals surface area (Å²) in [5.41, 5.74) is 2.50. The molecular formula is C28H25N5O9S2. The third-order valence-corrected chi connectivity index (χ3v) is 8.91. The van der Waals surface area contributed by atoms with E-state index < -0.39 is 41.5 Å². The number of rotatable bonds is 12. The van der Waals surface area contributed by atoms with E-state index >= 15 is 0 Å². The van der Waals surface area contributed by atoms with Crippen LogP contribution in [0, 0.1) is 10.1 Å². The van der Waals surface area contributed by atoms with E-state index in [9.17, 15) is 36.9 Å². The Morgan fingerprint density at radius 1 is 0.841 bits per heavy atom. The van der Waals surface area contributed by atoms with Crippen LogP contribution in [-0.2, 0) is 20.0 Å². The summed E-state index contributed by atoms with van der Waals surface area (Å²) < 4.78 is 61.1. The van der Waals surface area contributed by atoms with Crippen molar-refractivity contribution in [3.8, 4) is 5.75 Å². The summed E-state index contributed by atoms with van der Waals surface area (Å²) in [5, 5.41) is 25.2. The van der Waals surface area contributed by atoms with E-state index in [1.807, 2.05) is 0 Å². The predicted molar refractivity (Wildman–Crippen MR) is 163 cm³/mol. The zero-order chi connectivity index (χ0) is 32.1. The number of nitrogens with zero attached hydrogens (tertiary/aromatic N) is 2. The Hall–Kier alpha value is -5.48. The quantitative estimate of drug-likeness (QED) is 0.0951. The first-order chi connectivity index (χ1) is 20.8. The third-order valence-electron chi connectivity index (χ3n) is 6.15. The minimum absolute atomic E-state index is 0.00940. The van der Waals surface area contributed by atoms with E-state index in [2.05, 4.69) is 20.0 Å². The van der Waals surface area contributed by atoms with Gasteiger partial charge < -0.3 is 9.84 Å². The van der Waals surface area contributed by atoms with Crippen molar-refractivity contribution in [3.63, 3.8) is 0 Å². The Balaban J connectivity index is 1.51. The van der Waals surface area contributed by atoms with Crippen molar-refractivity contribution in [2.45, 2.75) is 16.7 Å². The number of para-hydroxylation sites is 1. The molecule has 4 aromatic rings. The Morgan fingerprint density at radius 3 is 2.07 bits per heavy atom. The van der Waals surface area contributed by atoms with Crippen molar-refractivity contribution in [2.24, 2.45) is 5.10 Å². The van der Waals surface area contributed by atoms with Gasteiger partial charge in [0.25, 0.3) is 25.7 Å². The van der Waals surface area contributed by atoms with E-state index in [-0.39, 0.29) is 21.8 Å². The molecule has 0 aromatic heterocycles. The molecule has 16 heteroatoms. The summed E-state index contributed by atoms with van der Waals surface area (Å²) in [4.78, 5) is 21.9. The summed E-state index contributed by atoms with van der Waals surface area (Å²) in [6.07, 6.45) is 0. The first-order valence-electron chi connectivity index (χ1n) is 12.5. The molecule has 0 aliphatic carbocycles. The first-order valence-corrected chi connectivity index (χ1v) is 15.5. The van der Waals surface area contributed by atoms with Gasteiger partial charge in [-0.05, 0) is 73.2 Å². The number of hydrogen-bond acceptors (Lipinski definition) is 10. The van der Waals surface area contributed by atoms with Crippen molar-refractivity contribution >= 4 is 54.5 Å². The zero-order valence-electron chi connectivity index (χ0n) is 23.1. The average molecular weight is 640 g/mol. The molecule has 0 saturated heterocycles. The lowest BCUT2D eigenvalue weighted by molar-refractivity contribution is -0.384. The number of carboxylic acids is 1. The van der Waals surface area contributed by atoms with Crippen molar-refractivity contribution in [2.75, 3.05) is 22.0 Å². The fourth-order valence-electron chi connectivity index (χ4n) is 3.84. The maximum atomic E-state index is 12.9. The van der Waals surface area contributed by atoms with E-state index in [1.54, 1.807) is 31.2 Å². The molecule has 0 fully saturated rings. The SMILES string of the molecule is COc1ccc(NS(=O)(=O)c2ccc(/C(C)=N\Nc3ccc(S(=O)(=O)Nc4ccccc4C(=O)O)cc3[N+](=O)[O-])cc2)cc1. The number of carbonyl (C=O) groups is 1. The number of aromatic carboxylic acids is 1. The van der Waals surface area contributed by atoms with Gasteiger partial charge in [-0.25, -0.2) is 21.6 Å². The van der Waals surface area contributed by atoms with Gasteiger partial charge in [0, 0.05) is 11.8 Å². The predicted octanol–water partition coefficient (Wildman–Crippen LogP) is 4.74. The molecule has 44 heavy (non-hydrogen) atoms. The van der Waals surface area contributed by atoms with E-state index in [0.29, 0.717) is 22.7 Å². The molecule has 0 saturated carbocycles. The van der Waals surface area contributed by atoms with E-state index in [1.165, 1.54) is 55.6 Å². The highest BCUT2D eigenvalue weighted by atomic mass is 32.2. The van der Waals surface area contributed by atoms with Crippen molar-refractivity contribution in [1.29, 1.82) is 0 Å². The van der Waals surface area contributed by atoms with Crippen LogP contribution in [0.1, 0.15) is 22.8 Å². The maximum Gasteiger partial charge on any atom is 0.337 e. The van der Waals surface area contributed by atoms with Gasteiger partial charge in [0.2, 0.25) is 0 Å². The lowest BCUT2D eigenvalue weighted by atomic mass is 10.1. The molecule has 0 unspecified atom stereocenters. The van der Waals surface area contributed by atoms with E-state index in [4.69, 9.17) is 4.74 Å². The van der Waals surface area contributed by atoms with Gasteiger partial charge >= 0.3 is 5.97 Å². The number of nitro groups is 1. The summed E-state index contributed by atoms with van der Waals surface area (Å²) in [5.74, 6) is -0.785. The number of benzene rings is 4. The van der Waals surface area contributed by atoms with Gasteiger partial charge in [-0.2, -0.15) is 5.10 Å². The Kier molecular flexibility index (Phi) is 9.15. The molecule has 0 amide bonds. The largest absolute Gasteiger partial charge is 0.497 e. The maximum absolute atomic E-state index is 12.9.